The van der Waals surface area contributed by atoms with Crippen LogP contribution in [0.1, 0.15) is 24.2 Å². The molecule has 0 aliphatic heterocycles. The van der Waals surface area contributed by atoms with Crippen LogP contribution in [0.25, 0.3) is 0 Å². The monoisotopic (exact) mass is 481 g/mol. The summed E-state index contributed by atoms with van der Waals surface area (Å²) < 4.78 is 28.4. The van der Waals surface area contributed by atoms with E-state index in [1.165, 1.54) is 7.05 Å². The smallest absolute Gasteiger partial charge is 0.257 e. The molecule has 2 N–H and O–H groups in total. The molecule has 0 bridgehead atoms. The molecule has 0 fully saturated rings. The second kappa shape index (κ2) is 10.3. The first-order valence-electron chi connectivity index (χ1n) is 9.16. The van der Waals surface area contributed by atoms with E-state index in [1.54, 1.807) is 38.1 Å². The van der Waals surface area contributed by atoms with E-state index in [0.717, 1.165) is 23.1 Å². The second-order valence-corrected chi connectivity index (χ2v) is 7.87. The summed E-state index contributed by atoms with van der Waals surface area (Å²) in [5.41, 5.74) is -0.211. The van der Waals surface area contributed by atoms with Crippen LogP contribution >= 0.6 is 15.9 Å². The number of nitrogens with zero attached hydrogens (tertiary/aromatic N) is 1. The molecule has 3 amide bonds. The van der Waals surface area contributed by atoms with Gasteiger partial charge in [0.05, 0.1) is 12.2 Å². The molecule has 0 spiro atoms. The summed E-state index contributed by atoms with van der Waals surface area (Å²) in [4.78, 5) is 38.6. The zero-order chi connectivity index (χ0) is 22.4. The number of nitrogens with one attached hydrogen (secondary N) is 2. The highest BCUT2D eigenvalue weighted by molar-refractivity contribution is 9.10. The van der Waals surface area contributed by atoms with E-state index in [9.17, 15) is 23.2 Å². The Bertz CT molecular complexity index is 933. The number of likely N-dealkylation sites (N-methyl/N-ethyl adjacent to an activating group) is 1. The number of para-hydroxylation sites is 1. The molecule has 1 atom stereocenters. The average Bonchev–Trinajstić information content (AvgIpc) is 2.67. The summed E-state index contributed by atoms with van der Waals surface area (Å²) in [5.74, 6) is -4.47. The van der Waals surface area contributed by atoms with Gasteiger partial charge in [-0.3, -0.25) is 14.4 Å². The number of amides is 3. The van der Waals surface area contributed by atoms with Gasteiger partial charge in [-0.1, -0.05) is 32.0 Å². The predicted molar refractivity (Wildman–Crippen MR) is 113 cm³/mol. The van der Waals surface area contributed by atoms with Crippen LogP contribution in [0.3, 0.4) is 0 Å². The van der Waals surface area contributed by atoms with Crippen molar-refractivity contribution in [3.63, 3.8) is 0 Å². The van der Waals surface area contributed by atoms with Gasteiger partial charge in [0, 0.05) is 11.5 Å². The van der Waals surface area contributed by atoms with E-state index >= 15 is 0 Å². The highest BCUT2D eigenvalue weighted by Gasteiger charge is 2.30. The Kier molecular flexibility index (Phi) is 8.05. The van der Waals surface area contributed by atoms with Crippen LogP contribution in [0, 0.1) is 17.6 Å². The van der Waals surface area contributed by atoms with Crippen molar-refractivity contribution in [1.82, 2.24) is 10.2 Å². The minimum atomic E-state index is -1.07. The summed E-state index contributed by atoms with van der Waals surface area (Å²) in [6.45, 7) is 3.08. The zero-order valence-electron chi connectivity index (χ0n) is 16.7. The Labute approximate surface area is 181 Å². The second-order valence-electron chi connectivity index (χ2n) is 7.01. The van der Waals surface area contributed by atoms with Crippen LogP contribution < -0.4 is 10.6 Å². The van der Waals surface area contributed by atoms with Gasteiger partial charge in [-0.25, -0.2) is 8.78 Å². The van der Waals surface area contributed by atoms with E-state index in [1.807, 2.05) is 0 Å². The molecular weight excluding hydrogens is 460 g/mol. The molecule has 0 saturated heterocycles. The Morgan fingerprint density at radius 3 is 2.20 bits per heavy atom. The number of halogens is 3. The largest absolute Gasteiger partial charge is 0.340 e. The number of rotatable bonds is 7. The molecule has 0 heterocycles. The Balaban J connectivity index is 2.08. The van der Waals surface area contributed by atoms with Crippen LogP contribution in [0.15, 0.2) is 46.9 Å². The number of anilines is 1. The first-order valence-corrected chi connectivity index (χ1v) is 9.95. The molecule has 2 aromatic rings. The van der Waals surface area contributed by atoms with Crippen molar-refractivity contribution in [2.24, 2.45) is 5.92 Å². The van der Waals surface area contributed by atoms with Crippen molar-refractivity contribution >= 4 is 39.3 Å². The molecule has 6 nitrogen and oxygen atoms in total. The maximum atomic E-state index is 13.9. The van der Waals surface area contributed by atoms with Crippen LogP contribution in [-0.4, -0.2) is 42.3 Å². The van der Waals surface area contributed by atoms with Gasteiger partial charge in [0.15, 0.2) is 0 Å². The summed E-state index contributed by atoms with van der Waals surface area (Å²) >= 11 is 3.32. The molecule has 1 unspecified atom stereocenters. The molecule has 2 rings (SSSR count). The minimum Gasteiger partial charge on any atom is -0.340 e. The summed E-state index contributed by atoms with van der Waals surface area (Å²) in [7, 11) is 1.41. The van der Waals surface area contributed by atoms with Crippen molar-refractivity contribution in [2.45, 2.75) is 19.9 Å². The van der Waals surface area contributed by atoms with Gasteiger partial charge in [0.25, 0.3) is 5.91 Å². The molecule has 0 aliphatic carbocycles. The molecule has 9 heteroatoms. The lowest BCUT2D eigenvalue weighted by Gasteiger charge is -2.27. The number of benzene rings is 2. The first-order chi connectivity index (χ1) is 14.1. The molecular formula is C21H22BrF2N3O3. The number of hydrogen-bond acceptors (Lipinski definition) is 3. The van der Waals surface area contributed by atoms with E-state index < -0.39 is 41.0 Å². The lowest BCUT2D eigenvalue weighted by Crippen LogP contribution is -2.51. The van der Waals surface area contributed by atoms with E-state index in [0.29, 0.717) is 10.2 Å². The van der Waals surface area contributed by atoms with Crippen LogP contribution in [0.2, 0.25) is 0 Å². The van der Waals surface area contributed by atoms with Gasteiger partial charge < -0.3 is 15.5 Å². The van der Waals surface area contributed by atoms with Crippen LogP contribution in [0.4, 0.5) is 14.5 Å². The quantitative estimate of drug-likeness (QED) is 0.634. The van der Waals surface area contributed by atoms with E-state index in [-0.39, 0.29) is 12.5 Å². The van der Waals surface area contributed by atoms with Gasteiger partial charge in [-0.15, -0.1) is 0 Å². The fraction of sp³-hybridized carbons (Fsp3) is 0.286. The summed E-state index contributed by atoms with van der Waals surface area (Å²) in [6.07, 6.45) is 0. The van der Waals surface area contributed by atoms with E-state index in [4.69, 9.17) is 0 Å². The third-order valence-electron chi connectivity index (χ3n) is 4.31. The standard InChI is InChI=1S/C21H22BrF2N3O3/c1-12(2)19(26-20(29)18-14(23)8-6-9-15(18)24)21(30)27(3)11-17(28)25-16-10-5-4-7-13(16)22/h4-10,12,19H,11H2,1-3H3,(H,25,28)(H,26,29). The summed E-state index contributed by atoms with van der Waals surface area (Å²) in [5, 5.41) is 5.06. The van der Waals surface area contributed by atoms with Gasteiger partial charge in [-0.05, 0) is 46.1 Å². The van der Waals surface area contributed by atoms with Crippen LogP contribution in [0.5, 0.6) is 0 Å². The van der Waals surface area contributed by atoms with Gasteiger partial charge in [0.1, 0.15) is 23.2 Å². The number of hydrogen-bond donors (Lipinski definition) is 2. The fourth-order valence-electron chi connectivity index (χ4n) is 2.72. The van der Waals surface area contributed by atoms with E-state index in [2.05, 4.69) is 26.6 Å². The summed E-state index contributed by atoms with van der Waals surface area (Å²) in [6, 6.07) is 9.00. The minimum absolute atomic E-state index is 0.271. The third-order valence-corrected chi connectivity index (χ3v) is 5.01. The van der Waals surface area contributed by atoms with Crippen molar-refractivity contribution < 1.29 is 23.2 Å². The molecule has 0 saturated carbocycles. The fourth-order valence-corrected chi connectivity index (χ4v) is 3.11. The third kappa shape index (κ3) is 5.85. The SMILES string of the molecule is CC(C)C(NC(=O)c1c(F)cccc1F)C(=O)N(C)CC(=O)Nc1ccccc1Br. The van der Waals surface area contributed by atoms with Gasteiger partial charge >= 0.3 is 0 Å². The highest BCUT2D eigenvalue weighted by atomic mass is 79.9. The number of carbonyl (C=O) groups is 3. The average molecular weight is 482 g/mol. The molecule has 2 aromatic carbocycles. The Morgan fingerprint density at radius 1 is 1.03 bits per heavy atom. The maximum Gasteiger partial charge on any atom is 0.257 e. The van der Waals surface area contributed by atoms with Crippen molar-refractivity contribution in [1.29, 1.82) is 0 Å². The van der Waals surface area contributed by atoms with Gasteiger partial charge in [0.2, 0.25) is 11.8 Å². The normalized spacial score (nSPS) is 11.7. The highest BCUT2D eigenvalue weighted by Crippen LogP contribution is 2.21. The molecule has 0 aromatic heterocycles. The Morgan fingerprint density at radius 2 is 1.63 bits per heavy atom. The molecule has 0 radical (unpaired) electrons. The first kappa shape index (κ1) is 23.5. The lowest BCUT2D eigenvalue weighted by atomic mass is 10.0. The Hall–Kier alpha value is -2.81. The van der Waals surface area contributed by atoms with Crippen molar-refractivity contribution in [3.8, 4) is 0 Å². The molecule has 160 valence electrons. The predicted octanol–water partition coefficient (Wildman–Crippen LogP) is 3.58. The zero-order valence-corrected chi connectivity index (χ0v) is 18.3. The van der Waals surface area contributed by atoms with Gasteiger partial charge in [-0.2, -0.15) is 0 Å². The molecule has 30 heavy (non-hydrogen) atoms. The molecule has 0 aliphatic rings. The topological polar surface area (TPSA) is 78.5 Å². The maximum absolute atomic E-state index is 13.9. The van der Waals surface area contributed by atoms with Crippen molar-refractivity contribution in [3.05, 3.63) is 64.1 Å². The van der Waals surface area contributed by atoms with Crippen LogP contribution in [-0.2, 0) is 9.59 Å². The van der Waals surface area contributed by atoms with Crippen molar-refractivity contribution in [2.75, 3.05) is 18.9 Å². The lowest BCUT2D eigenvalue weighted by molar-refractivity contribution is -0.135. The number of carbonyl (C=O) groups excluding carboxylic acids is 3.